The Kier molecular flexibility index (Phi) is 3.42. The van der Waals surface area contributed by atoms with Gasteiger partial charge in [-0.25, -0.2) is 0 Å². The maximum Gasteiger partial charge on any atom is 0.0320 e. The summed E-state index contributed by atoms with van der Waals surface area (Å²) in [6.07, 6.45) is 3.60. The molecule has 0 bridgehead atoms. The molecule has 2 aromatic carbocycles. The third kappa shape index (κ3) is 2.62. The van der Waals surface area contributed by atoms with Crippen LogP contribution in [0.4, 0.5) is 0 Å². The SMILES string of the molecule is c1ccc(Cc2ccc(C3CCCN3)cc2)cc1. The van der Waals surface area contributed by atoms with Gasteiger partial charge in [-0.15, -0.1) is 0 Å². The van der Waals surface area contributed by atoms with E-state index in [0.29, 0.717) is 6.04 Å². The summed E-state index contributed by atoms with van der Waals surface area (Å²) in [5, 5.41) is 3.54. The fourth-order valence-electron chi connectivity index (χ4n) is 2.67. The minimum absolute atomic E-state index is 0.579. The lowest BCUT2D eigenvalue weighted by Gasteiger charge is -2.11. The quantitative estimate of drug-likeness (QED) is 0.858. The molecule has 1 fully saturated rings. The average Bonchev–Trinajstić information content (AvgIpc) is 2.95. The van der Waals surface area contributed by atoms with E-state index in [4.69, 9.17) is 0 Å². The van der Waals surface area contributed by atoms with Crippen molar-refractivity contribution in [3.63, 3.8) is 0 Å². The first-order valence-electron chi connectivity index (χ1n) is 6.78. The van der Waals surface area contributed by atoms with Crippen LogP contribution in [0.2, 0.25) is 0 Å². The second kappa shape index (κ2) is 5.36. The number of nitrogens with one attached hydrogen (secondary N) is 1. The molecule has 0 spiro atoms. The van der Waals surface area contributed by atoms with Crippen LogP contribution in [0.25, 0.3) is 0 Å². The Morgan fingerprint density at radius 3 is 2.28 bits per heavy atom. The molecule has 0 amide bonds. The van der Waals surface area contributed by atoms with Gasteiger partial charge in [-0.05, 0) is 42.5 Å². The molecule has 18 heavy (non-hydrogen) atoms. The van der Waals surface area contributed by atoms with E-state index in [1.807, 2.05) is 0 Å². The number of hydrogen-bond acceptors (Lipinski definition) is 1. The zero-order valence-electron chi connectivity index (χ0n) is 10.6. The van der Waals surface area contributed by atoms with Crippen molar-refractivity contribution in [1.82, 2.24) is 5.32 Å². The van der Waals surface area contributed by atoms with E-state index in [2.05, 4.69) is 59.9 Å². The number of hydrogen-bond donors (Lipinski definition) is 1. The fourth-order valence-corrected chi connectivity index (χ4v) is 2.67. The topological polar surface area (TPSA) is 12.0 Å². The predicted octanol–water partition coefficient (Wildman–Crippen LogP) is 3.70. The molecule has 1 heterocycles. The van der Waals surface area contributed by atoms with Gasteiger partial charge in [0.15, 0.2) is 0 Å². The molecule has 92 valence electrons. The summed E-state index contributed by atoms with van der Waals surface area (Å²) in [4.78, 5) is 0. The molecule has 2 aromatic rings. The van der Waals surface area contributed by atoms with E-state index in [1.165, 1.54) is 29.5 Å². The highest BCUT2D eigenvalue weighted by molar-refractivity contribution is 5.30. The Morgan fingerprint density at radius 2 is 1.61 bits per heavy atom. The molecule has 1 aliphatic rings. The second-order valence-electron chi connectivity index (χ2n) is 5.05. The van der Waals surface area contributed by atoms with Crippen molar-refractivity contribution < 1.29 is 0 Å². The van der Waals surface area contributed by atoms with Crippen LogP contribution in [-0.2, 0) is 6.42 Å². The van der Waals surface area contributed by atoms with E-state index in [1.54, 1.807) is 0 Å². The molecule has 1 nitrogen and oxygen atoms in total. The Labute approximate surface area is 109 Å². The van der Waals surface area contributed by atoms with Crippen molar-refractivity contribution in [2.45, 2.75) is 25.3 Å². The van der Waals surface area contributed by atoms with Crippen LogP contribution < -0.4 is 5.32 Å². The molecule has 1 saturated heterocycles. The van der Waals surface area contributed by atoms with E-state index in [0.717, 1.165) is 13.0 Å². The fraction of sp³-hybridized carbons (Fsp3) is 0.294. The molecule has 0 aliphatic carbocycles. The highest BCUT2D eigenvalue weighted by atomic mass is 14.9. The summed E-state index contributed by atoms with van der Waals surface area (Å²) >= 11 is 0. The maximum absolute atomic E-state index is 3.54. The van der Waals surface area contributed by atoms with Crippen molar-refractivity contribution in [3.8, 4) is 0 Å². The van der Waals surface area contributed by atoms with Crippen LogP contribution in [0.1, 0.15) is 35.6 Å². The third-order valence-electron chi connectivity index (χ3n) is 3.69. The van der Waals surface area contributed by atoms with Gasteiger partial charge in [0.2, 0.25) is 0 Å². The monoisotopic (exact) mass is 237 g/mol. The summed E-state index contributed by atoms with van der Waals surface area (Å²) in [7, 11) is 0. The van der Waals surface area contributed by atoms with E-state index < -0.39 is 0 Å². The van der Waals surface area contributed by atoms with Crippen molar-refractivity contribution in [1.29, 1.82) is 0 Å². The van der Waals surface area contributed by atoms with Crippen LogP contribution in [-0.4, -0.2) is 6.54 Å². The van der Waals surface area contributed by atoms with E-state index in [-0.39, 0.29) is 0 Å². The lowest BCUT2D eigenvalue weighted by atomic mass is 10.00. The van der Waals surface area contributed by atoms with Crippen LogP contribution in [0.15, 0.2) is 54.6 Å². The standard InChI is InChI=1S/C17H19N/c1-2-5-14(6-3-1)13-15-8-10-16(11-9-15)17-7-4-12-18-17/h1-3,5-6,8-11,17-18H,4,7,12-13H2. The highest BCUT2D eigenvalue weighted by Gasteiger charge is 2.15. The van der Waals surface area contributed by atoms with Gasteiger partial charge in [-0.3, -0.25) is 0 Å². The second-order valence-corrected chi connectivity index (χ2v) is 5.05. The van der Waals surface area contributed by atoms with Gasteiger partial charge in [0, 0.05) is 6.04 Å². The largest absolute Gasteiger partial charge is 0.310 e. The summed E-state index contributed by atoms with van der Waals surface area (Å²) in [5.74, 6) is 0. The first-order valence-corrected chi connectivity index (χ1v) is 6.78. The molecular weight excluding hydrogens is 218 g/mol. The highest BCUT2D eigenvalue weighted by Crippen LogP contribution is 2.23. The van der Waals surface area contributed by atoms with Gasteiger partial charge in [-0.1, -0.05) is 54.6 Å². The van der Waals surface area contributed by atoms with Crippen LogP contribution >= 0.6 is 0 Å². The van der Waals surface area contributed by atoms with E-state index in [9.17, 15) is 0 Å². The Balaban J connectivity index is 1.71. The molecule has 0 aromatic heterocycles. The number of benzene rings is 2. The average molecular weight is 237 g/mol. The number of rotatable bonds is 3. The molecule has 3 rings (SSSR count). The molecule has 1 aliphatic heterocycles. The van der Waals surface area contributed by atoms with Gasteiger partial charge in [-0.2, -0.15) is 0 Å². The molecule has 1 heteroatoms. The molecule has 0 saturated carbocycles. The first kappa shape index (κ1) is 11.5. The van der Waals surface area contributed by atoms with Crippen molar-refractivity contribution in [3.05, 3.63) is 71.3 Å². The summed E-state index contributed by atoms with van der Waals surface area (Å²) in [5.41, 5.74) is 4.21. The maximum atomic E-state index is 3.54. The van der Waals surface area contributed by atoms with Gasteiger partial charge in [0.25, 0.3) is 0 Å². The molecule has 1 N–H and O–H groups in total. The molecule has 1 atom stereocenters. The Morgan fingerprint density at radius 1 is 0.889 bits per heavy atom. The predicted molar refractivity (Wildman–Crippen MR) is 75.7 cm³/mol. The lowest BCUT2D eigenvalue weighted by Crippen LogP contribution is -2.12. The van der Waals surface area contributed by atoms with Gasteiger partial charge in [0.05, 0.1) is 0 Å². The summed E-state index contributed by atoms with van der Waals surface area (Å²) < 4.78 is 0. The molecular formula is C17H19N. The normalized spacial score (nSPS) is 19.0. The van der Waals surface area contributed by atoms with Crippen LogP contribution in [0.5, 0.6) is 0 Å². The Hall–Kier alpha value is -1.60. The summed E-state index contributed by atoms with van der Waals surface area (Å²) in [6, 6.07) is 20.3. The zero-order valence-corrected chi connectivity index (χ0v) is 10.6. The Bertz CT molecular complexity index is 481. The smallest absolute Gasteiger partial charge is 0.0320 e. The molecule has 1 unspecified atom stereocenters. The minimum atomic E-state index is 0.579. The van der Waals surface area contributed by atoms with Crippen LogP contribution in [0.3, 0.4) is 0 Å². The first-order chi connectivity index (χ1) is 8.92. The van der Waals surface area contributed by atoms with E-state index >= 15 is 0 Å². The third-order valence-corrected chi connectivity index (χ3v) is 3.69. The van der Waals surface area contributed by atoms with Crippen LogP contribution in [0, 0.1) is 0 Å². The van der Waals surface area contributed by atoms with Crippen molar-refractivity contribution in [2.24, 2.45) is 0 Å². The van der Waals surface area contributed by atoms with Gasteiger partial charge < -0.3 is 5.32 Å². The van der Waals surface area contributed by atoms with Crippen molar-refractivity contribution in [2.75, 3.05) is 6.54 Å². The minimum Gasteiger partial charge on any atom is -0.310 e. The zero-order chi connectivity index (χ0) is 12.2. The van der Waals surface area contributed by atoms with Gasteiger partial charge in [0.1, 0.15) is 0 Å². The lowest BCUT2D eigenvalue weighted by molar-refractivity contribution is 0.647. The van der Waals surface area contributed by atoms with Gasteiger partial charge >= 0.3 is 0 Å². The van der Waals surface area contributed by atoms with Crippen molar-refractivity contribution >= 4 is 0 Å². The summed E-state index contributed by atoms with van der Waals surface area (Å²) in [6.45, 7) is 1.16. The molecule has 0 radical (unpaired) electrons.